The molecule has 1 heterocycles. The van der Waals surface area contributed by atoms with Gasteiger partial charge in [0.2, 0.25) is 0 Å². The topological polar surface area (TPSA) is 22.1 Å². The third-order valence-electron chi connectivity index (χ3n) is 2.25. The maximum Gasteiger partial charge on any atom is 0.130 e. The van der Waals surface area contributed by atoms with Crippen molar-refractivity contribution in [2.24, 2.45) is 0 Å². The van der Waals surface area contributed by atoms with E-state index in [-0.39, 0.29) is 0 Å². The van der Waals surface area contributed by atoms with Gasteiger partial charge in [-0.1, -0.05) is 12.1 Å². The summed E-state index contributed by atoms with van der Waals surface area (Å²) in [5.74, 6) is 1.35. The van der Waals surface area contributed by atoms with Gasteiger partial charge in [0.05, 0.1) is 5.69 Å². The number of benzene rings is 1. The highest BCUT2D eigenvalue weighted by Crippen LogP contribution is 2.15. The number of hydrogen-bond donors (Lipinski definition) is 0. The molecule has 1 aromatic heterocycles. The van der Waals surface area contributed by atoms with Gasteiger partial charge in [-0.15, -0.1) is 11.6 Å². The molecule has 2 aromatic rings. The summed E-state index contributed by atoms with van der Waals surface area (Å²) in [6, 6.07) is 11.6. The lowest BCUT2D eigenvalue weighted by Crippen LogP contribution is -1.97. The SMILES string of the molecule is ClCc1ccc(OCc2ccc(Br)cn2)cc1. The molecule has 0 bridgehead atoms. The molecule has 0 N–H and O–H groups in total. The molecule has 0 saturated heterocycles. The Morgan fingerprint density at radius 3 is 2.47 bits per heavy atom. The molecule has 1 aromatic carbocycles. The maximum atomic E-state index is 5.71. The van der Waals surface area contributed by atoms with E-state index in [0.29, 0.717) is 12.5 Å². The van der Waals surface area contributed by atoms with Crippen LogP contribution in [0, 0.1) is 0 Å². The van der Waals surface area contributed by atoms with Crippen molar-refractivity contribution in [2.45, 2.75) is 12.5 Å². The standard InChI is InChI=1S/C13H11BrClNO/c14-11-3-4-12(16-8-11)9-17-13-5-1-10(7-15)2-6-13/h1-6,8H,7,9H2. The van der Waals surface area contributed by atoms with E-state index in [1.807, 2.05) is 36.4 Å². The lowest BCUT2D eigenvalue weighted by Gasteiger charge is -2.06. The maximum absolute atomic E-state index is 5.71. The minimum Gasteiger partial charge on any atom is -0.487 e. The Morgan fingerprint density at radius 1 is 1.12 bits per heavy atom. The van der Waals surface area contributed by atoms with Crippen molar-refractivity contribution < 1.29 is 4.74 Å². The van der Waals surface area contributed by atoms with E-state index >= 15 is 0 Å². The van der Waals surface area contributed by atoms with Crippen molar-refractivity contribution >= 4 is 27.5 Å². The average molecular weight is 313 g/mol. The van der Waals surface area contributed by atoms with Crippen molar-refractivity contribution in [3.8, 4) is 5.75 Å². The van der Waals surface area contributed by atoms with Crippen LogP contribution in [0.3, 0.4) is 0 Å². The summed E-state index contributed by atoms with van der Waals surface area (Å²) >= 11 is 9.05. The molecule has 0 saturated carbocycles. The monoisotopic (exact) mass is 311 g/mol. The second-order valence-electron chi connectivity index (χ2n) is 3.53. The number of hydrogen-bond acceptors (Lipinski definition) is 2. The summed E-state index contributed by atoms with van der Waals surface area (Å²) in [6.07, 6.45) is 1.76. The molecule has 0 amide bonds. The predicted molar refractivity (Wildman–Crippen MR) is 72.3 cm³/mol. The summed E-state index contributed by atoms with van der Waals surface area (Å²) in [5, 5.41) is 0. The predicted octanol–water partition coefficient (Wildman–Crippen LogP) is 4.16. The second kappa shape index (κ2) is 6.03. The quantitative estimate of drug-likeness (QED) is 0.791. The van der Waals surface area contributed by atoms with Crippen LogP contribution in [-0.4, -0.2) is 4.98 Å². The lowest BCUT2D eigenvalue weighted by molar-refractivity contribution is 0.301. The fraction of sp³-hybridized carbons (Fsp3) is 0.154. The molecule has 0 aliphatic carbocycles. The summed E-state index contributed by atoms with van der Waals surface area (Å²) in [4.78, 5) is 4.23. The van der Waals surface area contributed by atoms with E-state index < -0.39 is 0 Å². The Morgan fingerprint density at radius 2 is 1.88 bits per heavy atom. The van der Waals surface area contributed by atoms with Crippen LogP contribution >= 0.6 is 27.5 Å². The fourth-order valence-corrected chi connectivity index (χ4v) is 1.74. The normalized spacial score (nSPS) is 10.2. The van der Waals surface area contributed by atoms with E-state index in [1.54, 1.807) is 6.20 Å². The summed E-state index contributed by atoms with van der Waals surface area (Å²) in [6.45, 7) is 0.466. The molecule has 0 atom stereocenters. The van der Waals surface area contributed by atoms with Crippen LogP contribution in [0.1, 0.15) is 11.3 Å². The highest BCUT2D eigenvalue weighted by Gasteiger charge is 1.98. The molecule has 0 radical (unpaired) electrons. The van der Waals surface area contributed by atoms with Gasteiger partial charge in [0.15, 0.2) is 0 Å². The molecule has 2 rings (SSSR count). The van der Waals surface area contributed by atoms with Crippen molar-refractivity contribution in [3.05, 3.63) is 58.3 Å². The Kier molecular flexibility index (Phi) is 4.40. The minimum absolute atomic E-state index is 0.466. The molecule has 0 unspecified atom stereocenters. The molecule has 17 heavy (non-hydrogen) atoms. The molecule has 0 aliphatic heterocycles. The smallest absolute Gasteiger partial charge is 0.130 e. The van der Waals surface area contributed by atoms with Crippen LogP contribution in [-0.2, 0) is 12.5 Å². The Bertz CT molecular complexity index is 470. The lowest BCUT2D eigenvalue weighted by atomic mass is 10.2. The Balaban J connectivity index is 1.95. The first kappa shape index (κ1) is 12.4. The highest BCUT2D eigenvalue weighted by molar-refractivity contribution is 9.10. The number of rotatable bonds is 4. The summed E-state index contributed by atoms with van der Waals surface area (Å²) < 4.78 is 6.58. The van der Waals surface area contributed by atoms with Crippen LogP contribution in [0.25, 0.3) is 0 Å². The van der Waals surface area contributed by atoms with Crippen LogP contribution in [0.2, 0.25) is 0 Å². The van der Waals surface area contributed by atoms with Gasteiger partial charge in [-0.25, -0.2) is 0 Å². The molecule has 0 aliphatic rings. The molecule has 4 heteroatoms. The van der Waals surface area contributed by atoms with Crippen molar-refractivity contribution in [1.82, 2.24) is 4.98 Å². The van der Waals surface area contributed by atoms with Gasteiger partial charge < -0.3 is 4.74 Å². The largest absolute Gasteiger partial charge is 0.487 e. The number of alkyl halides is 1. The highest BCUT2D eigenvalue weighted by atomic mass is 79.9. The first-order valence-electron chi connectivity index (χ1n) is 5.16. The van der Waals surface area contributed by atoms with Crippen molar-refractivity contribution in [1.29, 1.82) is 0 Å². The minimum atomic E-state index is 0.466. The van der Waals surface area contributed by atoms with Crippen LogP contribution in [0.4, 0.5) is 0 Å². The van der Waals surface area contributed by atoms with E-state index in [9.17, 15) is 0 Å². The molecule has 2 nitrogen and oxygen atoms in total. The van der Waals surface area contributed by atoms with Crippen LogP contribution in [0.5, 0.6) is 5.75 Å². The van der Waals surface area contributed by atoms with Gasteiger partial charge in [-0.2, -0.15) is 0 Å². The molecular weight excluding hydrogens is 302 g/mol. The van der Waals surface area contributed by atoms with Gasteiger partial charge in [-0.05, 0) is 45.8 Å². The average Bonchev–Trinajstić information content (AvgIpc) is 2.39. The molecule has 88 valence electrons. The van der Waals surface area contributed by atoms with Gasteiger partial charge in [0.25, 0.3) is 0 Å². The van der Waals surface area contributed by atoms with Gasteiger partial charge in [-0.3, -0.25) is 4.98 Å². The van der Waals surface area contributed by atoms with Crippen molar-refractivity contribution in [3.63, 3.8) is 0 Å². The van der Waals surface area contributed by atoms with Crippen LogP contribution < -0.4 is 4.74 Å². The Labute approximate surface area is 114 Å². The van der Waals surface area contributed by atoms with Gasteiger partial charge in [0, 0.05) is 16.5 Å². The third-order valence-corrected chi connectivity index (χ3v) is 3.03. The van der Waals surface area contributed by atoms with E-state index in [1.165, 1.54) is 0 Å². The van der Waals surface area contributed by atoms with E-state index in [0.717, 1.165) is 21.5 Å². The van der Waals surface area contributed by atoms with Gasteiger partial charge in [0.1, 0.15) is 12.4 Å². The number of halogens is 2. The first-order valence-corrected chi connectivity index (χ1v) is 6.49. The second-order valence-corrected chi connectivity index (χ2v) is 4.72. The van der Waals surface area contributed by atoms with E-state index in [4.69, 9.17) is 16.3 Å². The van der Waals surface area contributed by atoms with Crippen LogP contribution in [0.15, 0.2) is 47.1 Å². The van der Waals surface area contributed by atoms with E-state index in [2.05, 4.69) is 20.9 Å². The summed E-state index contributed by atoms with van der Waals surface area (Å²) in [7, 11) is 0. The molecule has 0 fully saturated rings. The van der Waals surface area contributed by atoms with Gasteiger partial charge >= 0.3 is 0 Å². The zero-order valence-corrected chi connectivity index (χ0v) is 11.4. The fourth-order valence-electron chi connectivity index (χ4n) is 1.32. The third kappa shape index (κ3) is 3.72. The zero-order valence-electron chi connectivity index (χ0n) is 9.07. The number of nitrogens with zero attached hydrogens (tertiary/aromatic N) is 1. The number of pyridine rings is 1. The summed E-state index contributed by atoms with van der Waals surface area (Å²) in [5.41, 5.74) is 1.98. The first-order chi connectivity index (χ1) is 8.28. The Hall–Kier alpha value is -1.06. The molecular formula is C13H11BrClNO. The number of aromatic nitrogens is 1. The number of ether oxygens (including phenoxy) is 1. The molecule has 0 spiro atoms. The van der Waals surface area contributed by atoms with Crippen molar-refractivity contribution in [2.75, 3.05) is 0 Å². The zero-order chi connectivity index (χ0) is 12.1.